The Morgan fingerprint density at radius 3 is 2.87 bits per heavy atom. The van der Waals surface area contributed by atoms with E-state index in [9.17, 15) is 19.1 Å². The van der Waals surface area contributed by atoms with E-state index in [0.717, 1.165) is 5.56 Å². The number of aliphatic hydroxyl groups is 1. The Balaban J connectivity index is 1.66. The molecule has 3 rings (SSSR count). The number of carbonyl (C=O) groups is 2. The number of carbonyl (C=O) groups excluding carboxylic acids is 2. The van der Waals surface area contributed by atoms with Gasteiger partial charge in [-0.2, -0.15) is 0 Å². The molecular weight excluding hydrogens is 301 g/mol. The number of β-amino-alcohol motifs (C(OH)–C–C–N with tert-alkyl or cyclic N) is 1. The average Bonchev–Trinajstić information content (AvgIpc) is 2.47. The first-order valence-corrected chi connectivity index (χ1v) is 7.75. The molecule has 2 saturated heterocycles. The lowest BCUT2D eigenvalue weighted by Crippen LogP contribution is -2.59. The van der Waals surface area contributed by atoms with Crippen LogP contribution in [0.3, 0.4) is 0 Å². The van der Waals surface area contributed by atoms with Crippen molar-refractivity contribution in [3.63, 3.8) is 0 Å². The van der Waals surface area contributed by atoms with Gasteiger partial charge in [0.15, 0.2) is 0 Å². The van der Waals surface area contributed by atoms with Crippen molar-refractivity contribution in [1.82, 2.24) is 15.1 Å². The lowest BCUT2D eigenvalue weighted by Gasteiger charge is -2.39. The third kappa shape index (κ3) is 3.68. The maximum absolute atomic E-state index is 13.3. The molecule has 0 saturated carbocycles. The fourth-order valence-corrected chi connectivity index (χ4v) is 3.00. The topological polar surface area (TPSA) is 72.9 Å². The molecule has 2 amide bonds. The first kappa shape index (κ1) is 15.9. The van der Waals surface area contributed by atoms with Gasteiger partial charge in [-0.05, 0) is 17.7 Å². The fraction of sp³-hybridized carbons (Fsp3) is 0.500. The highest BCUT2D eigenvalue weighted by Gasteiger charge is 2.36. The molecule has 2 aliphatic heterocycles. The Morgan fingerprint density at radius 2 is 2.17 bits per heavy atom. The van der Waals surface area contributed by atoms with E-state index in [1.54, 1.807) is 17.0 Å². The van der Waals surface area contributed by atoms with Crippen molar-refractivity contribution in [2.24, 2.45) is 0 Å². The Labute approximate surface area is 133 Å². The molecule has 1 unspecified atom stereocenters. The second kappa shape index (κ2) is 6.64. The standard InChI is InChI=1S/C16H20FN3O3/c17-12-3-1-2-11(6-12)8-19-5-4-18-16(23)14(19)7-15(22)20-9-13(21)10-20/h1-3,6,13-14,21H,4-5,7-10H2,(H,18,23). The SMILES string of the molecule is O=C1NCCN(Cc2cccc(F)c2)C1CC(=O)N1CC(O)C1. The first-order chi connectivity index (χ1) is 11.0. The van der Waals surface area contributed by atoms with E-state index in [1.807, 2.05) is 4.90 Å². The number of halogens is 1. The van der Waals surface area contributed by atoms with Crippen LogP contribution in [0, 0.1) is 5.82 Å². The van der Waals surface area contributed by atoms with Crippen LogP contribution in [0.5, 0.6) is 0 Å². The van der Waals surface area contributed by atoms with Crippen LogP contribution >= 0.6 is 0 Å². The number of nitrogens with one attached hydrogen (secondary N) is 1. The Kier molecular flexibility index (Phi) is 4.58. The van der Waals surface area contributed by atoms with Crippen LogP contribution < -0.4 is 5.32 Å². The van der Waals surface area contributed by atoms with E-state index in [4.69, 9.17) is 0 Å². The summed E-state index contributed by atoms with van der Waals surface area (Å²) in [4.78, 5) is 27.8. The second-order valence-corrected chi connectivity index (χ2v) is 6.06. The lowest BCUT2D eigenvalue weighted by molar-refractivity contribution is -0.146. The summed E-state index contributed by atoms with van der Waals surface area (Å²) in [5, 5.41) is 12.1. The van der Waals surface area contributed by atoms with E-state index in [2.05, 4.69) is 5.32 Å². The van der Waals surface area contributed by atoms with Crippen molar-refractivity contribution in [2.75, 3.05) is 26.2 Å². The number of nitrogens with zero attached hydrogens (tertiary/aromatic N) is 2. The van der Waals surface area contributed by atoms with Crippen LogP contribution in [0.1, 0.15) is 12.0 Å². The van der Waals surface area contributed by atoms with Crippen molar-refractivity contribution in [3.8, 4) is 0 Å². The summed E-state index contributed by atoms with van der Waals surface area (Å²) in [6.45, 7) is 2.21. The summed E-state index contributed by atoms with van der Waals surface area (Å²) in [5.41, 5.74) is 0.775. The Morgan fingerprint density at radius 1 is 1.39 bits per heavy atom. The van der Waals surface area contributed by atoms with Crippen molar-refractivity contribution >= 4 is 11.8 Å². The molecule has 2 heterocycles. The molecule has 0 aliphatic carbocycles. The molecule has 1 atom stereocenters. The van der Waals surface area contributed by atoms with Crippen LogP contribution in [0.4, 0.5) is 4.39 Å². The molecule has 23 heavy (non-hydrogen) atoms. The van der Waals surface area contributed by atoms with Gasteiger partial charge < -0.3 is 15.3 Å². The number of hydrogen-bond acceptors (Lipinski definition) is 4. The number of hydrogen-bond donors (Lipinski definition) is 2. The zero-order valence-electron chi connectivity index (χ0n) is 12.7. The molecule has 6 nitrogen and oxygen atoms in total. The van der Waals surface area contributed by atoms with Crippen molar-refractivity contribution in [2.45, 2.75) is 25.1 Å². The van der Waals surface area contributed by atoms with E-state index in [0.29, 0.717) is 32.7 Å². The summed E-state index contributed by atoms with van der Waals surface area (Å²) in [6.07, 6.45) is -0.379. The zero-order valence-corrected chi connectivity index (χ0v) is 12.7. The summed E-state index contributed by atoms with van der Waals surface area (Å²) in [7, 11) is 0. The predicted octanol–water partition coefficient (Wildman–Crippen LogP) is -0.281. The van der Waals surface area contributed by atoms with E-state index >= 15 is 0 Å². The number of rotatable bonds is 4. The predicted molar refractivity (Wildman–Crippen MR) is 80.8 cm³/mol. The van der Waals surface area contributed by atoms with Crippen LogP contribution in [0.15, 0.2) is 24.3 Å². The molecule has 1 aromatic rings. The van der Waals surface area contributed by atoms with Gasteiger partial charge in [0.2, 0.25) is 11.8 Å². The molecule has 7 heteroatoms. The minimum Gasteiger partial charge on any atom is -0.389 e. The van der Waals surface area contributed by atoms with Crippen LogP contribution in [-0.2, 0) is 16.1 Å². The van der Waals surface area contributed by atoms with E-state index < -0.39 is 12.1 Å². The molecular formula is C16H20FN3O3. The monoisotopic (exact) mass is 321 g/mol. The summed E-state index contributed by atoms with van der Waals surface area (Å²) in [5.74, 6) is -0.630. The lowest BCUT2D eigenvalue weighted by atomic mass is 10.0. The van der Waals surface area contributed by atoms with Gasteiger partial charge in [0.05, 0.1) is 18.6 Å². The molecule has 2 N–H and O–H groups in total. The maximum atomic E-state index is 13.3. The molecule has 2 fully saturated rings. The van der Waals surface area contributed by atoms with Gasteiger partial charge in [0.1, 0.15) is 5.82 Å². The minimum atomic E-state index is -0.558. The number of aliphatic hydroxyl groups excluding tert-OH is 1. The Bertz CT molecular complexity index is 604. The normalized spacial score (nSPS) is 22.6. The van der Waals surface area contributed by atoms with Crippen LogP contribution in [-0.4, -0.2) is 65.0 Å². The van der Waals surface area contributed by atoms with Gasteiger partial charge >= 0.3 is 0 Å². The summed E-state index contributed by atoms with van der Waals surface area (Å²) >= 11 is 0. The van der Waals surface area contributed by atoms with Crippen molar-refractivity contribution in [3.05, 3.63) is 35.6 Å². The highest BCUT2D eigenvalue weighted by Crippen LogP contribution is 2.17. The van der Waals surface area contributed by atoms with Gasteiger partial charge in [-0.1, -0.05) is 12.1 Å². The van der Waals surface area contributed by atoms with Gasteiger partial charge in [-0.25, -0.2) is 4.39 Å². The van der Waals surface area contributed by atoms with Gasteiger partial charge in [-0.15, -0.1) is 0 Å². The highest BCUT2D eigenvalue weighted by atomic mass is 19.1. The van der Waals surface area contributed by atoms with Crippen LogP contribution in [0.25, 0.3) is 0 Å². The minimum absolute atomic E-state index is 0.0773. The van der Waals surface area contributed by atoms with Crippen molar-refractivity contribution in [1.29, 1.82) is 0 Å². The molecule has 1 aromatic carbocycles. The second-order valence-electron chi connectivity index (χ2n) is 6.06. The molecule has 0 radical (unpaired) electrons. The third-order valence-electron chi connectivity index (χ3n) is 4.30. The fourth-order valence-electron chi connectivity index (χ4n) is 3.00. The molecule has 0 bridgehead atoms. The highest BCUT2D eigenvalue weighted by molar-refractivity contribution is 5.89. The average molecular weight is 321 g/mol. The summed E-state index contributed by atoms with van der Waals surface area (Å²) in [6, 6.07) is 5.70. The third-order valence-corrected chi connectivity index (χ3v) is 4.30. The zero-order chi connectivity index (χ0) is 16.4. The molecule has 0 spiro atoms. The van der Waals surface area contributed by atoms with E-state index in [-0.39, 0.29) is 24.1 Å². The summed E-state index contributed by atoms with van der Waals surface area (Å²) < 4.78 is 13.3. The number of amides is 2. The smallest absolute Gasteiger partial charge is 0.237 e. The first-order valence-electron chi connectivity index (χ1n) is 7.75. The largest absolute Gasteiger partial charge is 0.389 e. The van der Waals surface area contributed by atoms with Gasteiger partial charge in [-0.3, -0.25) is 14.5 Å². The van der Waals surface area contributed by atoms with Gasteiger partial charge in [0, 0.05) is 32.7 Å². The van der Waals surface area contributed by atoms with Crippen molar-refractivity contribution < 1.29 is 19.1 Å². The molecule has 0 aromatic heterocycles. The van der Waals surface area contributed by atoms with E-state index in [1.165, 1.54) is 12.1 Å². The maximum Gasteiger partial charge on any atom is 0.237 e. The number of likely N-dealkylation sites (tertiary alicyclic amines) is 1. The Hall–Kier alpha value is -1.99. The van der Waals surface area contributed by atoms with Crippen LogP contribution in [0.2, 0.25) is 0 Å². The molecule has 2 aliphatic rings. The quantitative estimate of drug-likeness (QED) is 0.800. The molecule has 124 valence electrons. The number of piperazine rings is 1. The van der Waals surface area contributed by atoms with Gasteiger partial charge in [0.25, 0.3) is 0 Å². The number of benzene rings is 1.